The van der Waals surface area contributed by atoms with Crippen LogP contribution in [0.1, 0.15) is 29.9 Å². The number of hydrogen-bond donors (Lipinski definition) is 0. The van der Waals surface area contributed by atoms with Crippen LogP contribution in [0.3, 0.4) is 0 Å². The summed E-state index contributed by atoms with van der Waals surface area (Å²) in [5, 5.41) is 0. The van der Waals surface area contributed by atoms with Crippen LogP contribution in [0.5, 0.6) is 0 Å². The van der Waals surface area contributed by atoms with E-state index in [1.807, 2.05) is 0 Å². The summed E-state index contributed by atoms with van der Waals surface area (Å²) in [5.41, 5.74) is 2.98. The van der Waals surface area contributed by atoms with Crippen LogP contribution >= 0.6 is 15.9 Å². The van der Waals surface area contributed by atoms with Gasteiger partial charge in [0.25, 0.3) is 0 Å². The second-order valence-corrected chi connectivity index (χ2v) is 4.19. The van der Waals surface area contributed by atoms with Crippen molar-refractivity contribution in [2.75, 3.05) is 0 Å². The first kappa shape index (κ1) is 7.35. The standard InChI is InChI=1S/C10H11Br/c1-7-6-9(11)4-5-10(7)8-2-3-8/h4-6,8H,2-3H2,1H3. The van der Waals surface area contributed by atoms with E-state index >= 15 is 0 Å². The van der Waals surface area contributed by atoms with Crippen molar-refractivity contribution >= 4 is 15.9 Å². The highest BCUT2D eigenvalue weighted by Crippen LogP contribution is 2.41. The predicted molar refractivity (Wildman–Crippen MR) is 50.9 cm³/mol. The van der Waals surface area contributed by atoms with Crippen LogP contribution < -0.4 is 0 Å². The monoisotopic (exact) mass is 210 g/mol. The summed E-state index contributed by atoms with van der Waals surface area (Å²) in [6, 6.07) is 6.59. The van der Waals surface area contributed by atoms with Crippen LogP contribution in [-0.4, -0.2) is 0 Å². The summed E-state index contributed by atoms with van der Waals surface area (Å²) in [5.74, 6) is 0.878. The summed E-state index contributed by atoms with van der Waals surface area (Å²) in [6.07, 6.45) is 2.78. The van der Waals surface area contributed by atoms with Gasteiger partial charge in [-0.1, -0.05) is 22.0 Å². The molecule has 0 aromatic heterocycles. The molecule has 0 radical (unpaired) electrons. The highest BCUT2D eigenvalue weighted by molar-refractivity contribution is 9.10. The Balaban J connectivity index is 2.39. The van der Waals surface area contributed by atoms with E-state index in [1.54, 1.807) is 5.56 Å². The van der Waals surface area contributed by atoms with E-state index in [-0.39, 0.29) is 0 Å². The Morgan fingerprint density at radius 1 is 1.36 bits per heavy atom. The Bertz CT molecular complexity index is 274. The van der Waals surface area contributed by atoms with Gasteiger partial charge < -0.3 is 0 Å². The molecule has 0 bridgehead atoms. The summed E-state index contributed by atoms with van der Waals surface area (Å²) in [4.78, 5) is 0. The summed E-state index contributed by atoms with van der Waals surface area (Å²) in [7, 11) is 0. The molecule has 1 aromatic carbocycles. The molecule has 2 rings (SSSR count). The lowest BCUT2D eigenvalue weighted by molar-refractivity contribution is 1.10. The van der Waals surface area contributed by atoms with Crippen molar-refractivity contribution in [3.05, 3.63) is 33.8 Å². The predicted octanol–water partition coefficient (Wildman–Crippen LogP) is 3.63. The van der Waals surface area contributed by atoms with Gasteiger partial charge in [0, 0.05) is 4.47 Å². The highest BCUT2D eigenvalue weighted by atomic mass is 79.9. The smallest absolute Gasteiger partial charge is 0.0178 e. The van der Waals surface area contributed by atoms with E-state index in [1.165, 1.54) is 22.9 Å². The molecular formula is C10H11Br. The molecule has 0 aliphatic heterocycles. The summed E-state index contributed by atoms with van der Waals surface area (Å²) >= 11 is 3.47. The molecule has 0 nitrogen and oxygen atoms in total. The lowest BCUT2D eigenvalue weighted by Gasteiger charge is -2.02. The minimum absolute atomic E-state index is 0.878. The molecule has 1 saturated carbocycles. The van der Waals surface area contributed by atoms with Gasteiger partial charge in [-0.3, -0.25) is 0 Å². The van der Waals surface area contributed by atoms with Gasteiger partial charge in [0.05, 0.1) is 0 Å². The van der Waals surface area contributed by atoms with Gasteiger partial charge in [-0.2, -0.15) is 0 Å². The van der Waals surface area contributed by atoms with E-state index in [4.69, 9.17) is 0 Å². The lowest BCUT2D eigenvalue weighted by Crippen LogP contribution is -1.84. The first-order valence-corrected chi connectivity index (χ1v) is 4.83. The Morgan fingerprint density at radius 2 is 2.09 bits per heavy atom. The van der Waals surface area contributed by atoms with Crippen molar-refractivity contribution in [3.63, 3.8) is 0 Å². The SMILES string of the molecule is Cc1cc(Br)ccc1C1CC1. The normalized spacial score (nSPS) is 16.9. The molecule has 1 heteroatoms. The third-order valence-corrected chi connectivity index (χ3v) is 2.74. The average Bonchev–Trinajstić information content (AvgIpc) is 2.70. The van der Waals surface area contributed by atoms with Crippen LogP contribution in [0, 0.1) is 6.92 Å². The van der Waals surface area contributed by atoms with Crippen molar-refractivity contribution in [2.45, 2.75) is 25.7 Å². The molecule has 1 fully saturated rings. The fourth-order valence-corrected chi connectivity index (χ4v) is 1.97. The fourth-order valence-electron chi connectivity index (χ4n) is 1.49. The first-order chi connectivity index (χ1) is 5.27. The van der Waals surface area contributed by atoms with Gasteiger partial charge in [-0.25, -0.2) is 0 Å². The van der Waals surface area contributed by atoms with Gasteiger partial charge in [0.15, 0.2) is 0 Å². The van der Waals surface area contributed by atoms with Gasteiger partial charge in [0.2, 0.25) is 0 Å². The Labute approximate surface area is 75.8 Å². The van der Waals surface area contributed by atoms with Crippen LogP contribution in [0.2, 0.25) is 0 Å². The third kappa shape index (κ3) is 1.48. The molecular weight excluding hydrogens is 200 g/mol. The minimum atomic E-state index is 0.878. The van der Waals surface area contributed by atoms with Gasteiger partial charge in [-0.15, -0.1) is 0 Å². The van der Waals surface area contributed by atoms with Gasteiger partial charge in [-0.05, 0) is 48.9 Å². The molecule has 1 aliphatic carbocycles. The fraction of sp³-hybridized carbons (Fsp3) is 0.400. The van der Waals surface area contributed by atoms with Crippen molar-refractivity contribution in [2.24, 2.45) is 0 Å². The number of aryl methyl sites for hydroxylation is 1. The van der Waals surface area contributed by atoms with E-state index in [9.17, 15) is 0 Å². The van der Waals surface area contributed by atoms with Crippen molar-refractivity contribution in [1.29, 1.82) is 0 Å². The van der Waals surface area contributed by atoms with Crippen molar-refractivity contribution in [3.8, 4) is 0 Å². The number of hydrogen-bond acceptors (Lipinski definition) is 0. The van der Waals surface area contributed by atoms with Crippen LogP contribution in [0.25, 0.3) is 0 Å². The number of halogens is 1. The molecule has 0 unspecified atom stereocenters. The van der Waals surface area contributed by atoms with Crippen LogP contribution in [0.4, 0.5) is 0 Å². The lowest BCUT2D eigenvalue weighted by atomic mass is 10.1. The second-order valence-electron chi connectivity index (χ2n) is 3.28. The molecule has 0 spiro atoms. The van der Waals surface area contributed by atoms with Gasteiger partial charge in [0.1, 0.15) is 0 Å². The van der Waals surface area contributed by atoms with E-state index in [0.717, 1.165) is 5.92 Å². The van der Waals surface area contributed by atoms with E-state index in [0.29, 0.717) is 0 Å². The maximum atomic E-state index is 3.47. The zero-order valence-electron chi connectivity index (χ0n) is 6.60. The Morgan fingerprint density at radius 3 is 2.64 bits per heavy atom. The summed E-state index contributed by atoms with van der Waals surface area (Å²) < 4.78 is 1.19. The third-order valence-electron chi connectivity index (χ3n) is 2.25. The van der Waals surface area contributed by atoms with Crippen LogP contribution in [0.15, 0.2) is 22.7 Å². The molecule has 1 aromatic rings. The quantitative estimate of drug-likeness (QED) is 0.665. The molecule has 11 heavy (non-hydrogen) atoms. The molecule has 0 saturated heterocycles. The number of benzene rings is 1. The van der Waals surface area contributed by atoms with Crippen LogP contribution in [-0.2, 0) is 0 Å². The van der Waals surface area contributed by atoms with Crippen molar-refractivity contribution in [1.82, 2.24) is 0 Å². The molecule has 0 N–H and O–H groups in total. The van der Waals surface area contributed by atoms with E-state index in [2.05, 4.69) is 41.1 Å². The van der Waals surface area contributed by atoms with E-state index < -0.39 is 0 Å². The number of rotatable bonds is 1. The molecule has 58 valence electrons. The average molecular weight is 211 g/mol. The maximum Gasteiger partial charge on any atom is 0.0178 e. The largest absolute Gasteiger partial charge is 0.0574 e. The zero-order chi connectivity index (χ0) is 7.84. The molecule has 0 atom stereocenters. The Hall–Kier alpha value is -0.300. The molecule has 0 heterocycles. The topological polar surface area (TPSA) is 0 Å². The Kier molecular flexibility index (Phi) is 1.76. The van der Waals surface area contributed by atoms with Crippen molar-refractivity contribution < 1.29 is 0 Å². The molecule has 0 amide bonds. The van der Waals surface area contributed by atoms with Gasteiger partial charge >= 0.3 is 0 Å². The minimum Gasteiger partial charge on any atom is -0.0574 e. The summed E-state index contributed by atoms with van der Waals surface area (Å²) in [6.45, 7) is 2.19. The maximum absolute atomic E-state index is 3.47. The first-order valence-electron chi connectivity index (χ1n) is 4.03. The highest BCUT2D eigenvalue weighted by Gasteiger charge is 2.24. The molecule has 1 aliphatic rings. The zero-order valence-corrected chi connectivity index (χ0v) is 8.19. The second kappa shape index (κ2) is 2.63.